The Balaban J connectivity index is 0.000000216. The molecule has 0 spiro atoms. The Hall–Kier alpha value is -8.56. The number of hydrogen-bond donors (Lipinski definition) is 9. The van der Waals surface area contributed by atoms with Gasteiger partial charge in [-0.15, -0.1) is 12.8 Å². The van der Waals surface area contributed by atoms with Crippen molar-refractivity contribution in [3.63, 3.8) is 0 Å². The minimum absolute atomic E-state index is 0. The smallest absolute Gasteiger partial charge is 0.327 e. The van der Waals surface area contributed by atoms with Crippen molar-refractivity contribution < 1.29 is 101 Å². The van der Waals surface area contributed by atoms with Crippen LogP contribution in [0.25, 0.3) is 44.4 Å². The molecule has 0 saturated carbocycles. The van der Waals surface area contributed by atoms with E-state index in [0.29, 0.717) is 5.56 Å². The second kappa shape index (κ2) is 34.6. The number of carbonyl (C=O) groups excluding carboxylic acids is 2. The maximum atomic E-state index is 17.0. The number of carbonyl (C=O) groups is 2. The second-order valence-electron chi connectivity index (χ2n) is 26.5. The second-order valence-corrected chi connectivity index (χ2v) is 38.6. The van der Waals surface area contributed by atoms with E-state index in [-0.39, 0.29) is 113 Å². The highest BCUT2D eigenvalue weighted by atomic mass is 32.5. The number of nitrogens with one attached hydrogen (secondary N) is 4. The number of rotatable bonds is 14. The molecule has 15 rings (SSSR count). The number of anilines is 4. The predicted octanol–water partition coefficient (Wildman–Crippen LogP) is 6.05. The number of imidazole rings is 2. The van der Waals surface area contributed by atoms with Crippen molar-refractivity contribution in [1.29, 1.82) is 10.5 Å². The molecule has 53 heteroatoms. The lowest BCUT2D eigenvalue weighted by molar-refractivity contribution is -0.119. The summed E-state index contributed by atoms with van der Waals surface area (Å²) < 4.78 is 153. The Morgan fingerprint density at radius 3 is 1.86 bits per heavy atom. The molecule has 2 amide bonds. The van der Waals surface area contributed by atoms with E-state index in [1.54, 1.807) is 44.2 Å². The average Bonchev–Trinajstić information content (AvgIpc) is 1.58. The van der Waals surface area contributed by atoms with Gasteiger partial charge in [0.15, 0.2) is 81.3 Å². The number of ether oxygens (including phenoxy) is 5. The molecule has 6 fully saturated rings. The molecule has 6 aliphatic rings. The number of amides is 2. The van der Waals surface area contributed by atoms with E-state index >= 15 is 13.2 Å². The number of alkyl halides is 2. The molecule has 0 radical (unpaired) electrons. The van der Waals surface area contributed by atoms with Crippen LogP contribution in [0.5, 0.6) is 0 Å². The van der Waals surface area contributed by atoms with Gasteiger partial charge in [-0.1, -0.05) is 43.9 Å². The summed E-state index contributed by atoms with van der Waals surface area (Å²) in [4.78, 5) is 111. The maximum Gasteiger partial charge on any atom is 0.327 e. The quantitative estimate of drug-likeness (QED) is 0.0259. The van der Waals surface area contributed by atoms with Crippen molar-refractivity contribution in [2.24, 2.45) is 5.92 Å². The summed E-state index contributed by atoms with van der Waals surface area (Å²) in [6.45, 7) is -16.5. The van der Waals surface area contributed by atoms with E-state index in [1.807, 2.05) is 12.1 Å². The molecule has 41 nitrogen and oxygen atoms in total. The fourth-order valence-corrected chi connectivity index (χ4v) is 20.3. The van der Waals surface area contributed by atoms with Crippen molar-refractivity contribution in [3.8, 4) is 36.8 Å². The largest absolute Gasteiger partial charge is 0.383 e. The predicted molar refractivity (Wildman–Crippen MR) is 415 cm³/mol. The van der Waals surface area contributed by atoms with Crippen LogP contribution >= 0.6 is 26.6 Å². The van der Waals surface area contributed by atoms with E-state index in [0.717, 1.165) is 42.3 Å². The molecule has 14 heterocycles. The monoisotopic (exact) mass is 1780 g/mol. The van der Waals surface area contributed by atoms with Crippen LogP contribution < -0.4 is 39.4 Å². The van der Waals surface area contributed by atoms with Crippen LogP contribution in [-0.2, 0) is 116 Å². The molecule has 6 saturated heterocycles. The van der Waals surface area contributed by atoms with Crippen molar-refractivity contribution in [1.82, 2.24) is 74.3 Å². The van der Waals surface area contributed by atoms with Gasteiger partial charge in [-0.2, -0.15) is 20.5 Å². The minimum Gasteiger partial charge on any atom is -0.383 e. The average molecular weight is 1780 g/mol. The molecule has 1 aromatic carbocycles. The lowest BCUT2D eigenvalue weighted by atomic mass is 9.99. The number of aromatic nitrogens is 14. The number of nitrogens with two attached hydrogens (primary N) is 2. The third-order valence-electron chi connectivity index (χ3n) is 18.7. The third-order valence-corrected chi connectivity index (χ3v) is 26.6. The summed E-state index contributed by atoms with van der Waals surface area (Å²) >= 11 is 22.4. The number of benzene rings is 1. The first kappa shape index (κ1) is 86.3. The topological polar surface area (TPSA) is 551 Å². The van der Waals surface area contributed by atoms with Gasteiger partial charge in [0.05, 0.1) is 88.0 Å². The molecule has 13 N–H and O–H groups in total. The number of H-pyrrole nitrogens is 2. The molecule has 18 atom stereocenters. The molecule has 8 aromatic heterocycles. The van der Waals surface area contributed by atoms with Gasteiger partial charge in [-0.3, -0.25) is 52.6 Å². The molecule has 9 aromatic rings. The molecule has 620 valence electrons. The zero-order chi connectivity index (χ0) is 82.6. The lowest BCUT2D eigenvalue weighted by Gasteiger charge is -2.35. The highest BCUT2D eigenvalue weighted by Gasteiger charge is 2.58. The normalized spacial score (nSPS) is 31.3. The highest BCUT2D eigenvalue weighted by molar-refractivity contribution is 8.10. The molecule has 117 heavy (non-hydrogen) atoms. The van der Waals surface area contributed by atoms with E-state index in [4.69, 9.17) is 136 Å². The standard InChI is InChI=1S/C41H41F2N11O11P2S2.C23H23F2N9O9P2S2.H3N/c1-4-41-19-61-67(69,60-15-9-13-45)65-32-30(43)26(62-39(32)54-21-48-31-35(54)50-40(52-38(31)57)51-36(55)23(2)3)18-58-22-66(68,59-14-8-12-44)64-27(41)16-28(63-41)53-17-25(42)29-33(46-20-47-34(29)53)49-37(56)24-10-6-5-7-11-24;1-2-23-6-39-45(37,47)43-16-14(25)10(40-21(16)34-8-30-15-19(34)31-22(27)32-20(15)35)5-38-44(36,46)42-11(23)3-12(41-23)33-4-9(24)13-17(26)28-7-29-18(13)33;/h1,5-7,10-11,17,20-21,23,26-28,30,32,39H,8-9,14-16,18-19,22H2,2-3H3,(H,46,47,49,56)(H2,50,51,52,55,57);1,4,7-8,10-12,14,16,21H,3,5-6H2,(H,36,46)(H,37,47)(H2,26,28,29)(H3,27,31,32,35);1H3/t26-,27+,28-,30-,32-,39-,41-,66?,67?;10-,11+,12-,14-,16-,21-,23-,44?,45?;/m11./s1. The molecular weight excluding hydrogens is 1710 g/mol. The van der Waals surface area contributed by atoms with Crippen molar-refractivity contribution >= 4 is 154 Å². The number of nitriles is 2. The molecule has 4 unspecified atom stereocenters. The van der Waals surface area contributed by atoms with Crippen LogP contribution in [0.15, 0.2) is 77.6 Å². The summed E-state index contributed by atoms with van der Waals surface area (Å²) in [5, 5.41) is 23.7. The Morgan fingerprint density at radius 1 is 0.701 bits per heavy atom. The van der Waals surface area contributed by atoms with E-state index in [9.17, 15) is 43.9 Å². The van der Waals surface area contributed by atoms with E-state index in [2.05, 4.69) is 72.3 Å². The first-order valence-electron chi connectivity index (χ1n) is 34.5. The number of nitrogen functional groups attached to an aromatic ring is 2. The minimum atomic E-state index is -4.41. The molecule has 4 bridgehead atoms. The number of halogens is 4. The Labute approximate surface area is 677 Å². The van der Waals surface area contributed by atoms with Gasteiger partial charge in [0.25, 0.3) is 17.0 Å². The summed E-state index contributed by atoms with van der Waals surface area (Å²) in [6.07, 6.45) is -0.544. The van der Waals surface area contributed by atoms with Crippen molar-refractivity contribution in [2.75, 3.05) is 68.1 Å². The molecular formula is C64H67F4N21O20P4S4. The van der Waals surface area contributed by atoms with Crippen LogP contribution in [0.2, 0.25) is 0 Å². The van der Waals surface area contributed by atoms with E-state index in [1.165, 1.54) is 13.7 Å². The lowest BCUT2D eigenvalue weighted by Crippen LogP contribution is -2.44. The number of terminal acetylenes is 2. The van der Waals surface area contributed by atoms with E-state index < -0.39 is 185 Å². The van der Waals surface area contributed by atoms with Crippen LogP contribution in [-0.4, -0.2) is 196 Å². The summed E-state index contributed by atoms with van der Waals surface area (Å²) in [6, 6.07) is 12.1. The van der Waals surface area contributed by atoms with Gasteiger partial charge in [-0.25, -0.2) is 47.5 Å². The fourth-order valence-electron chi connectivity index (χ4n) is 13.1. The van der Waals surface area contributed by atoms with Crippen LogP contribution in [0.4, 0.5) is 41.1 Å². The first-order valence-corrected chi connectivity index (χ1v) is 45.0. The van der Waals surface area contributed by atoms with Gasteiger partial charge in [0.2, 0.25) is 24.3 Å². The summed E-state index contributed by atoms with van der Waals surface area (Å²) in [7, 11) is 0. The highest BCUT2D eigenvalue weighted by Crippen LogP contribution is 2.61. The summed E-state index contributed by atoms with van der Waals surface area (Å²) in [5.41, 5.74) is 5.96. The number of nitrogens with zero attached hydrogens (tertiary/aromatic N) is 14. The number of hydrogen-bond acceptors (Lipinski definition) is 35. The van der Waals surface area contributed by atoms with Crippen molar-refractivity contribution in [2.45, 2.75) is 125 Å². The van der Waals surface area contributed by atoms with Gasteiger partial charge >= 0.3 is 20.2 Å². The zero-order valence-corrected chi connectivity index (χ0v) is 67.4. The van der Waals surface area contributed by atoms with Gasteiger partial charge in [-0.05, 0) is 59.4 Å². The van der Waals surface area contributed by atoms with Crippen LogP contribution in [0.1, 0.15) is 74.8 Å². The van der Waals surface area contributed by atoms with Gasteiger partial charge in [0.1, 0.15) is 79.7 Å². The third kappa shape index (κ3) is 17.6. The van der Waals surface area contributed by atoms with Gasteiger partial charge < -0.3 is 97.2 Å². The Morgan fingerprint density at radius 2 is 1.25 bits per heavy atom. The number of aromatic amines is 2. The Bertz CT molecular complexity index is 5860. The number of fused-ring (bicyclic) bond motifs is 10. The van der Waals surface area contributed by atoms with Crippen LogP contribution in [0.3, 0.4) is 0 Å². The molecule has 0 aliphatic carbocycles. The van der Waals surface area contributed by atoms with Gasteiger partial charge in [0, 0.05) is 36.7 Å². The van der Waals surface area contributed by atoms with Crippen LogP contribution in [0, 0.1) is 64.9 Å². The first-order chi connectivity index (χ1) is 55.3. The molecule has 6 aliphatic heterocycles. The zero-order valence-electron chi connectivity index (χ0n) is 60.6. The fraction of sp³-hybridized carbons (Fsp3) is 0.438. The Kier molecular flexibility index (Phi) is 25.6. The van der Waals surface area contributed by atoms with Crippen molar-refractivity contribution in [3.05, 3.63) is 106 Å². The summed E-state index contributed by atoms with van der Waals surface area (Å²) in [5.74, 6) is 1.17. The SMILES string of the molecule is C#C[C@@]12COP(=S)(OCCC#N)O[C@@H]3[C@H](F)[C@@H](COCP(=S)(OCCC#N)O[C@H]1C[C@H](n1cc(F)c4c(NC(=O)c5ccccc5)ncnc41)O2)O[C@H]3n1cnc2c(=O)[nH]c(NC(=O)C(C)C)nc21.C#C[C@@]12COP(O)(=S)O[C@@H]3[C@H](F)[C@@H](COP(O)(=S)O[C@H]1C[C@H](n1cc(F)c4c(N)ncnc41)O2)O[C@H]3n1cnc2c(=O)[nH]c(N)nc21.N. The maximum absolute atomic E-state index is 17.0.